The fourth-order valence-corrected chi connectivity index (χ4v) is 3.57. The zero-order chi connectivity index (χ0) is 16.1. The SMILES string of the molecule is CCCCC(=O)N=c1sc2ccc(Cl)c(C)c2n1CCOC. The highest BCUT2D eigenvalue weighted by atomic mass is 35.5. The van der Waals surface area contributed by atoms with E-state index in [0.29, 0.717) is 19.6 Å². The highest BCUT2D eigenvalue weighted by molar-refractivity contribution is 7.16. The van der Waals surface area contributed by atoms with Gasteiger partial charge in [-0.1, -0.05) is 36.3 Å². The topological polar surface area (TPSA) is 43.6 Å². The molecule has 4 nitrogen and oxygen atoms in total. The Kier molecular flexibility index (Phi) is 6.17. The number of hydrogen-bond acceptors (Lipinski definition) is 3. The van der Waals surface area contributed by atoms with Crippen LogP contribution in [0.1, 0.15) is 31.7 Å². The van der Waals surface area contributed by atoms with E-state index in [-0.39, 0.29) is 5.91 Å². The van der Waals surface area contributed by atoms with Crippen LogP contribution in [0.4, 0.5) is 0 Å². The van der Waals surface area contributed by atoms with Gasteiger partial charge >= 0.3 is 0 Å². The summed E-state index contributed by atoms with van der Waals surface area (Å²) >= 11 is 7.76. The number of hydrogen-bond donors (Lipinski definition) is 0. The number of ether oxygens (including phenoxy) is 1. The smallest absolute Gasteiger partial charge is 0.248 e. The van der Waals surface area contributed by atoms with Crippen molar-refractivity contribution in [3.8, 4) is 0 Å². The van der Waals surface area contributed by atoms with Crippen LogP contribution in [0.2, 0.25) is 5.02 Å². The molecule has 1 aromatic heterocycles. The molecule has 2 aromatic rings. The third-order valence-corrected chi connectivity index (χ3v) is 4.97. The van der Waals surface area contributed by atoms with Gasteiger partial charge in [-0.05, 0) is 31.0 Å². The average Bonchev–Trinajstić information content (AvgIpc) is 2.85. The zero-order valence-corrected chi connectivity index (χ0v) is 14.8. The van der Waals surface area contributed by atoms with Crippen molar-refractivity contribution in [2.24, 2.45) is 4.99 Å². The molecule has 120 valence electrons. The fourth-order valence-electron chi connectivity index (χ4n) is 2.28. The van der Waals surface area contributed by atoms with Crippen LogP contribution in [-0.2, 0) is 16.1 Å². The van der Waals surface area contributed by atoms with Gasteiger partial charge in [0.1, 0.15) is 0 Å². The predicted molar refractivity (Wildman–Crippen MR) is 91.5 cm³/mol. The number of aryl methyl sites for hydroxylation is 1. The second kappa shape index (κ2) is 7.90. The number of aromatic nitrogens is 1. The van der Waals surface area contributed by atoms with E-state index in [0.717, 1.165) is 38.4 Å². The Morgan fingerprint density at radius 3 is 2.91 bits per heavy atom. The van der Waals surface area contributed by atoms with Crippen molar-refractivity contribution in [2.75, 3.05) is 13.7 Å². The van der Waals surface area contributed by atoms with Crippen molar-refractivity contribution in [1.82, 2.24) is 4.57 Å². The summed E-state index contributed by atoms with van der Waals surface area (Å²) in [7, 11) is 1.66. The molecule has 0 aliphatic carbocycles. The van der Waals surface area contributed by atoms with E-state index in [1.807, 2.05) is 23.6 Å². The molecule has 1 aromatic carbocycles. The summed E-state index contributed by atoms with van der Waals surface area (Å²) in [6.45, 7) is 5.27. The van der Waals surface area contributed by atoms with E-state index in [1.54, 1.807) is 7.11 Å². The molecule has 0 N–H and O–H groups in total. The summed E-state index contributed by atoms with van der Waals surface area (Å²) in [4.78, 5) is 17.0. The maximum atomic E-state index is 12.0. The lowest BCUT2D eigenvalue weighted by Gasteiger charge is -2.07. The van der Waals surface area contributed by atoms with Crippen LogP contribution in [0, 0.1) is 6.92 Å². The quantitative estimate of drug-likeness (QED) is 0.799. The lowest BCUT2D eigenvalue weighted by atomic mass is 10.2. The molecule has 1 amide bonds. The summed E-state index contributed by atoms with van der Waals surface area (Å²) < 4.78 is 8.30. The molecule has 0 atom stereocenters. The molecule has 6 heteroatoms. The molecular formula is C16H21ClN2O2S. The van der Waals surface area contributed by atoms with Gasteiger partial charge in [0.25, 0.3) is 0 Å². The van der Waals surface area contributed by atoms with E-state index in [1.165, 1.54) is 11.3 Å². The van der Waals surface area contributed by atoms with Crippen LogP contribution in [0.25, 0.3) is 10.2 Å². The number of methoxy groups -OCH3 is 1. The van der Waals surface area contributed by atoms with Crippen molar-refractivity contribution < 1.29 is 9.53 Å². The number of amides is 1. The first-order chi connectivity index (χ1) is 10.6. The van der Waals surface area contributed by atoms with Crippen LogP contribution in [0.5, 0.6) is 0 Å². The Morgan fingerprint density at radius 1 is 1.45 bits per heavy atom. The number of rotatable bonds is 6. The standard InChI is InChI=1S/C16H21ClN2O2S/c1-4-5-6-14(20)18-16-19(9-10-21-3)15-11(2)12(17)7-8-13(15)22-16/h7-8H,4-6,9-10H2,1-3H3. The molecule has 0 saturated carbocycles. The molecule has 0 fully saturated rings. The normalized spacial score (nSPS) is 12.3. The maximum Gasteiger partial charge on any atom is 0.248 e. The van der Waals surface area contributed by atoms with Crippen molar-refractivity contribution in [3.05, 3.63) is 27.5 Å². The van der Waals surface area contributed by atoms with E-state index >= 15 is 0 Å². The number of benzene rings is 1. The van der Waals surface area contributed by atoms with Gasteiger partial charge < -0.3 is 9.30 Å². The van der Waals surface area contributed by atoms with E-state index in [2.05, 4.69) is 11.9 Å². The molecule has 2 rings (SSSR count). The zero-order valence-electron chi connectivity index (χ0n) is 13.2. The van der Waals surface area contributed by atoms with Gasteiger partial charge in [-0.2, -0.15) is 4.99 Å². The average molecular weight is 341 g/mol. The lowest BCUT2D eigenvalue weighted by molar-refractivity contribution is -0.118. The molecule has 0 saturated heterocycles. The molecule has 0 radical (unpaired) electrons. The molecule has 0 bridgehead atoms. The summed E-state index contributed by atoms with van der Waals surface area (Å²) in [5, 5.41) is 0.723. The van der Waals surface area contributed by atoms with Crippen LogP contribution >= 0.6 is 22.9 Å². The molecule has 0 aliphatic heterocycles. The molecule has 22 heavy (non-hydrogen) atoms. The first kappa shape index (κ1) is 17.2. The van der Waals surface area contributed by atoms with Crippen molar-refractivity contribution in [1.29, 1.82) is 0 Å². The first-order valence-corrected chi connectivity index (χ1v) is 8.62. The van der Waals surface area contributed by atoms with Crippen molar-refractivity contribution in [2.45, 2.75) is 39.7 Å². The number of halogens is 1. The first-order valence-electron chi connectivity index (χ1n) is 7.43. The highest BCUT2D eigenvalue weighted by Crippen LogP contribution is 2.27. The molecule has 0 unspecified atom stereocenters. The van der Waals surface area contributed by atoms with Gasteiger partial charge in [-0.3, -0.25) is 4.79 Å². The van der Waals surface area contributed by atoms with Gasteiger partial charge in [-0.25, -0.2) is 0 Å². The highest BCUT2D eigenvalue weighted by Gasteiger charge is 2.12. The summed E-state index contributed by atoms with van der Waals surface area (Å²) in [6.07, 6.45) is 2.36. The van der Waals surface area contributed by atoms with Gasteiger partial charge in [0.2, 0.25) is 5.91 Å². The lowest BCUT2D eigenvalue weighted by Crippen LogP contribution is -2.19. The molecule has 0 spiro atoms. The van der Waals surface area contributed by atoms with Gasteiger partial charge in [0.05, 0.1) is 16.8 Å². The molecular weight excluding hydrogens is 320 g/mol. The van der Waals surface area contributed by atoms with Gasteiger partial charge in [0.15, 0.2) is 4.80 Å². The number of unbranched alkanes of at least 4 members (excludes halogenated alkanes) is 1. The predicted octanol–water partition coefficient (Wildman–Crippen LogP) is 3.93. The van der Waals surface area contributed by atoms with E-state index in [9.17, 15) is 4.79 Å². The Labute approximate surface area is 139 Å². The van der Waals surface area contributed by atoms with E-state index in [4.69, 9.17) is 16.3 Å². The Hall–Kier alpha value is -1.17. The largest absolute Gasteiger partial charge is 0.383 e. The minimum absolute atomic E-state index is 0.0664. The van der Waals surface area contributed by atoms with Gasteiger partial charge in [-0.15, -0.1) is 0 Å². The van der Waals surface area contributed by atoms with Crippen LogP contribution in [0.3, 0.4) is 0 Å². The number of nitrogens with zero attached hydrogens (tertiary/aromatic N) is 2. The minimum Gasteiger partial charge on any atom is -0.383 e. The second-order valence-electron chi connectivity index (χ2n) is 5.16. The molecule has 1 heterocycles. The molecule has 0 aliphatic rings. The second-order valence-corrected chi connectivity index (χ2v) is 6.57. The van der Waals surface area contributed by atoms with E-state index < -0.39 is 0 Å². The van der Waals surface area contributed by atoms with Crippen molar-refractivity contribution in [3.63, 3.8) is 0 Å². The summed E-state index contributed by atoms with van der Waals surface area (Å²) in [5.41, 5.74) is 2.05. The van der Waals surface area contributed by atoms with Crippen LogP contribution in [0.15, 0.2) is 17.1 Å². The Balaban J connectivity index is 2.55. The number of carbonyl (C=O) groups excluding carboxylic acids is 1. The Bertz CT molecular complexity index is 734. The Morgan fingerprint density at radius 2 is 2.23 bits per heavy atom. The third kappa shape index (κ3) is 3.77. The fraction of sp³-hybridized carbons (Fsp3) is 0.500. The maximum absolute atomic E-state index is 12.0. The summed E-state index contributed by atoms with van der Waals surface area (Å²) in [5.74, 6) is -0.0664. The number of thiazole rings is 1. The van der Waals surface area contributed by atoms with Gasteiger partial charge in [0, 0.05) is 25.1 Å². The number of fused-ring (bicyclic) bond motifs is 1. The monoisotopic (exact) mass is 340 g/mol. The summed E-state index contributed by atoms with van der Waals surface area (Å²) in [6, 6.07) is 3.87. The van der Waals surface area contributed by atoms with Crippen LogP contribution in [-0.4, -0.2) is 24.2 Å². The third-order valence-electron chi connectivity index (χ3n) is 3.51. The van der Waals surface area contributed by atoms with Crippen molar-refractivity contribution >= 4 is 39.1 Å². The number of carbonyl (C=O) groups is 1. The minimum atomic E-state index is -0.0664. The van der Waals surface area contributed by atoms with Crippen LogP contribution < -0.4 is 4.80 Å².